The van der Waals surface area contributed by atoms with Gasteiger partial charge in [-0.05, 0) is 111 Å². The summed E-state index contributed by atoms with van der Waals surface area (Å²) in [7, 11) is -1.10. The third-order valence-corrected chi connectivity index (χ3v) is 11.4. The topological polar surface area (TPSA) is 98.7 Å². The summed E-state index contributed by atoms with van der Waals surface area (Å²) in [6.45, 7) is 14.3. The number of aryl methyl sites for hydroxylation is 4. The molecule has 2 fully saturated rings. The van der Waals surface area contributed by atoms with Gasteiger partial charge >= 0.3 is 0 Å². The molecule has 6 nitrogen and oxygen atoms in total. The first-order chi connectivity index (χ1) is 23.0. The molecule has 6 rings (SSSR count). The van der Waals surface area contributed by atoms with Crippen LogP contribution in [0.4, 0.5) is 0 Å². The Labute approximate surface area is 302 Å². The summed E-state index contributed by atoms with van der Waals surface area (Å²) in [4.78, 5) is 25.1. The van der Waals surface area contributed by atoms with Crippen molar-refractivity contribution in [1.82, 2.24) is 10.6 Å². The third-order valence-electron chi connectivity index (χ3n) is 10.1. The Morgan fingerprint density at radius 3 is 1.31 bits per heavy atom. The SMILES string of the molecule is C#C[Si](C)(C)C.C#Cc1cc(C)c(C2=C(O)C3(CCCCC3)NC2=O)c(C)c1.Cc1cc(Br)cc(C)c1C1=C(O)C2(CCCCC2)NC1=O. The number of terminal acetylenes is 2. The van der Waals surface area contributed by atoms with Crippen molar-refractivity contribution in [3.05, 3.63) is 79.2 Å². The van der Waals surface area contributed by atoms with Crippen LogP contribution in [-0.2, 0) is 9.59 Å². The quantitative estimate of drug-likeness (QED) is 0.182. The maximum absolute atomic E-state index is 12.5. The molecule has 49 heavy (non-hydrogen) atoms. The molecule has 0 atom stereocenters. The summed E-state index contributed by atoms with van der Waals surface area (Å²) in [6.07, 6.45) is 20.4. The number of amides is 2. The van der Waals surface area contributed by atoms with Crippen molar-refractivity contribution >= 4 is 47.0 Å². The molecule has 260 valence electrons. The minimum atomic E-state index is -1.10. The molecule has 0 radical (unpaired) electrons. The monoisotopic (exact) mass is 742 g/mol. The van der Waals surface area contributed by atoms with Gasteiger partial charge in [0.15, 0.2) is 0 Å². The number of aliphatic hydroxyl groups excluding tert-OH is 2. The van der Waals surface area contributed by atoms with E-state index in [0.29, 0.717) is 11.1 Å². The Hall–Kier alpha value is -3.72. The fourth-order valence-electron chi connectivity index (χ4n) is 7.62. The second kappa shape index (κ2) is 15.0. The Morgan fingerprint density at radius 1 is 0.673 bits per heavy atom. The number of benzene rings is 2. The Balaban J connectivity index is 0.000000190. The van der Waals surface area contributed by atoms with Gasteiger partial charge in [0.2, 0.25) is 0 Å². The molecule has 2 aliphatic carbocycles. The van der Waals surface area contributed by atoms with Crippen molar-refractivity contribution < 1.29 is 19.8 Å². The van der Waals surface area contributed by atoms with E-state index < -0.39 is 19.2 Å². The minimum absolute atomic E-state index is 0.136. The van der Waals surface area contributed by atoms with Crippen molar-refractivity contribution in [3.8, 4) is 24.3 Å². The molecule has 0 aromatic heterocycles. The fraction of sp³-hybridized carbons (Fsp3) is 0.463. The van der Waals surface area contributed by atoms with E-state index in [4.69, 9.17) is 12.8 Å². The number of aliphatic hydroxyl groups is 2. The number of rotatable bonds is 2. The predicted molar refractivity (Wildman–Crippen MR) is 207 cm³/mol. The van der Waals surface area contributed by atoms with E-state index >= 15 is 0 Å². The van der Waals surface area contributed by atoms with E-state index in [9.17, 15) is 19.8 Å². The van der Waals surface area contributed by atoms with Crippen molar-refractivity contribution in [2.24, 2.45) is 0 Å². The van der Waals surface area contributed by atoms with Gasteiger partial charge < -0.3 is 20.8 Å². The molecule has 2 aromatic rings. The van der Waals surface area contributed by atoms with Crippen LogP contribution in [0.1, 0.15) is 103 Å². The minimum Gasteiger partial charge on any atom is -0.509 e. The molecular formula is C41H51BrN2O4Si. The molecule has 2 amide bonds. The number of carbonyl (C=O) groups excluding carboxylic acids is 2. The van der Waals surface area contributed by atoms with E-state index in [2.05, 4.69) is 57.7 Å². The average Bonchev–Trinajstić information content (AvgIpc) is 3.40. The second-order valence-electron chi connectivity index (χ2n) is 15.1. The van der Waals surface area contributed by atoms with Gasteiger partial charge in [-0.15, -0.1) is 18.4 Å². The summed E-state index contributed by atoms with van der Waals surface area (Å²) < 4.78 is 0.993. The molecule has 4 N–H and O–H groups in total. The molecule has 2 saturated carbocycles. The van der Waals surface area contributed by atoms with Crippen LogP contribution in [0.5, 0.6) is 0 Å². The zero-order chi connectivity index (χ0) is 36.3. The van der Waals surface area contributed by atoms with Crippen molar-refractivity contribution in [1.29, 1.82) is 0 Å². The number of hydrogen-bond acceptors (Lipinski definition) is 4. The lowest BCUT2D eigenvalue weighted by Crippen LogP contribution is -2.46. The highest BCUT2D eigenvalue weighted by Crippen LogP contribution is 2.44. The first-order valence-electron chi connectivity index (χ1n) is 17.3. The van der Waals surface area contributed by atoms with Crippen LogP contribution in [-0.4, -0.2) is 41.2 Å². The molecule has 2 spiro atoms. The van der Waals surface area contributed by atoms with Crippen molar-refractivity contribution in [2.45, 2.75) is 123 Å². The van der Waals surface area contributed by atoms with Crippen LogP contribution in [0.3, 0.4) is 0 Å². The molecule has 8 heteroatoms. The van der Waals surface area contributed by atoms with Crippen molar-refractivity contribution in [3.63, 3.8) is 0 Å². The molecule has 0 bridgehead atoms. The number of hydrogen-bond donors (Lipinski definition) is 4. The first kappa shape index (κ1) is 38.1. The molecule has 4 aliphatic rings. The van der Waals surface area contributed by atoms with Gasteiger partial charge in [-0.1, -0.05) is 80.0 Å². The lowest BCUT2D eigenvalue weighted by atomic mass is 9.80. The van der Waals surface area contributed by atoms with Gasteiger partial charge in [0.25, 0.3) is 11.8 Å². The predicted octanol–water partition coefficient (Wildman–Crippen LogP) is 9.05. The number of halogens is 1. The smallest absolute Gasteiger partial charge is 0.256 e. The fourth-order valence-corrected chi connectivity index (χ4v) is 8.30. The van der Waals surface area contributed by atoms with E-state index in [1.165, 1.54) is 6.42 Å². The van der Waals surface area contributed by atoms with Crippen LogP contribution in [0.2, 0.25) is 19.6 Å². The summed E-state index contributed by atoms with van der Waals surface area (Å²) in [5, 5.41) is 27.7. The molecule has 2 heterocycles. The van der Waals surface area contributed by atoms with Gasteiger partial charge in [-0.25, -0.2) is 0 Å². The summed E-state index contributed by atoms with van der Waals surface area (Å²) >= 11 is 3.48. The Kier molecular flexibility index (Phi) is 11.7. The standard InChI is InChI=1S/C19H21NO2.C17H20BrNO2.C5H10Si/c1-4-14-10-12(2)15(13(3)11-14)16-17(21)19(20-18(16)22)8-6-5-7-9-19;1-10-8-12(18)9-11(2)13(10)14-15(20)17(19-16(14)21)6-4-3-5-7-17;1-5-6(2,3)4/h1,10-11,21H,5-9H2,2-3H3,(H,20,22);8-9,20H,3-7H2,1-2H3,(H,19,21);1H,2-4H3. The Bertz CT molecular complexity index is 1740. The van der Waals surface area contributed by atoms with E-state index in [0.717, 1.165) is 101 Å². The molecule has 2 aromatic carbocycles. The van der Waals surface area contributed by atoms with Crippen LogP contribution in [0, 0.1) is 52.0 Å². The first-order valence-corrected chi connectivity index (χ1v) is 21.6. The van der Waals surface area contributed by atoms with Crippen LogP contribution in [0.15, 0.2) is 40.3 Å². The second-order valence-corrected chi connectivity index (χ2v) is 20.8. The molecular weight excluding hydrogens is 692 g/mol. The lowest BCUT2D eigenvalue weighted by molar-refractivity contribution is -0.117. The lowest BCUT2D eigenvalue weighted by Gasteiger charge is -2.33. The van der Waals surface area contributed by atoms with Crippen LogP contribution < -0.4 is 10.6 Å². The number of nitrogens with one attached hydrogen (secondary N) is 2. The van der Waals surface area contributed by atoms with Crippen molar-refractivity contribution in [2.75, 3.05) is 0 Å². The highest BCUT2D eigenvalue weighted by atomic mass is 79.9. The van der Waals surface area contributed by atoms with E-state index in [1.54, 1.807) is 0 Å². The highest BCUT2D eigenvalue weighted by Gasteiger charge is 2.48. The average molecular weight is 744 g/mol. The summed E-state index contributed by atoms with van der Waals surface area (Å²) in [5.41, 5.74) is 8.93. The van der Waals surface area contributed by atoms with Gasteiger partial charge in [0.05, 0.1) is 22.2 Å². The molecule has 0 saturated heterocycles. The maximum Gasteiger partial charge on any atom is 0.256 e. The van der Waals surface area contributed by atoms with Crippen LogP contribution >= 0.6 is 15.9 Å². The number of carbonyl (C=O) groups is 2. The normalized spacial score (nSPS) is 19.3. The molecule has 0 unspecified atom stereocenters. The Morgan fingerprint density at radius 2 is 1.00 bits per heavy atom. The van der Waals surface area contributed by atoms with Crippen LogP contribution in [0.25, 0.3) is 11.1 Å². The van der Waals surface area contributed by atoms with E-state index in [1.807, 2.05) is 52.0 Å². The van der Waals surface area contributed by atoms with Gasteiger partial charge in [0, 0.05) is 10.0 Å². The van der Waals surface area contributed by atoms with E-state index in [-0.39, 0.29) is 23.3 Å². The zero-order valence-electron chi connectivity index (χ0n) is 30.1. The maximum atomic E-state index is 12.5. The largest absolute Gasteiger partial charge is 0.509 e. The van der Waals surface area contributed by atoms with Gasteiger partial charge in [-0.3, -0.25) is 9.59 Å². The highest BCUT2D eigenvalue weighted by molar-refractivity contribution is 9.10. The van der Waals surface area contributed by atoms with Gasteiger partial charge in [-0.2, -0.15) is 0 Å². The van der Waals surface area contributed by atoms with Gasteiger partial charge in [0.1, 0.15) is 19.6 Å². The summed E-state index contributed by atoms with van der Waals surface area (Å²) in [5.74, 6) is 2.79. The third kappa shape index (κ3) is 8.03. The zero-order valence-corrected chi connectivity index (χ0v) is 32.7. The molecule has 2 aliphatic heterocycles. The summed E-state index contributed by atoms with van der Waals surface area (Å²) in [6, 6.07) is 7.76.